The van der Waals surface area contributed by atoms with E-state index in [4.69, 9.17) is 15.2 Å². The molecule has 0 saturated carbocycles. The summed E-state index contributed by atoms with van der Waals surface area (Å²) in [4.78, 5) is 7.16. The summed E-state index contributed by atoms with van der Waals surface area (Å²) >= 11 is 0. The van der Waals surface area contributed by atoms with Gasteiger partial charge in [-0.15, -0.1) is 0 Å². The van der Waals surface area contributed by atoms with E-state index in [1.54, 1.807) is 0 Å². The van der Waals surface area contributed by atoms with Gasteiger partial charge in [0.05, 0.1) is 25.9 Å². The standard InChI is InChI=1S/C21H36N4O2/c1-5-17(6-2)20(25-11-13-26-14-12-25)15-23-21(22)24-18-7-9-19(10-8-18)27-16(3)4/h7-10,16-17,20H,5-6,11-15H2,1-4H3,(H3,22,23,24). The first-order valence-electron chi connectivity index (χ1n) is 10.2. The molecule has 6 heteroatoms. The number of ether oxygens (including phenoxy) is 2. The molecule has 1 saturated heterocycles. The fourth-order valence-corrected chi connectivity index (χ4v) is 3.57. The highest BCUT2D eigenvalue weighted by atomic mass is 16.5. The maximum Gasteiger partial charge on any atom is 0.193 e. The van der Waals surface area contributed by atoms with Crippen LogP contribution in [0.3, 0.4) is 0 Å². The second-order valence-corrected chi connectivity index (χ2v) is 7.33. The quantitative estimate of drug-likeness (QED) is 0.511. The second-order valence-electron chi connectivity index (χ2n) is 7.33. The maximum absolute atomic E-state index is 6.15. The zero-order valence-corrected chi connectivity index (χ0v) is 17.3. The molecule has 0 radical (unpaired) electrons. The SMILES string of the molecule is CCC(CC)C(CN=C(N)Nc1ccc(OC(C)C)cc1)N1CCOCC1. The Morgan fingerprint density at radius 3 is 2.37 bits per heavy atom. The summed E-state index contributed by atoms with van der Waals surface area (Å²) in [6.07, 6.45) is 2.47. The van der Waals surface area contributed by atoms with Crippen LogP contribution in [0.25, 0.3) is 0 Å². The molecule has 3 N–H and O–H groups in total. The van der Waals surface area contributed by atoms with Gasteiger partial charge >= 0.3 is 0 Å². The predicted octanol–water partition coefficient (Wildman–Crippen LogP) is 3.34. The zero-order chi connectivity index (χ0) is 19.6. The molecule has 1 aromatic carbocycles. The lowest BCUT2D eigenvalue weighted by Crippen LogP contribution is -2.48. The first kappa shape index (κ1) is 21.5. The van der Waals surface area contributed by atoms with Crippen LogP contribution in [0.5, 0.6) is 5.75 Å². The van der Waals surface area contributed by atoms with Crippen LogP contribution in [-0.2, 0) is 4.74 Å². The Balaban J connectivity index is 1.97. The highest BCUT2D eigenvalue weighted by Crippen LogP contribution is 2.21. The lowest BCUT2D eigenvalue weighted by atomic mass is 9.92. The van der Waals surface area contributed by atoms with Gasteiger partial charge in [0.15, 0.2) is 5.96 Å². The van der Waals surface area contributed by atoms with Crippen LogP contribution in [0.2, 0.25) is 0 Å². The minimum absolute atomic E-state index is 0.164. The molecule has 6 nitrogen and oxygen atoms in total. The lowest BCUT2D eigenvalue weighted by molar-refractivity contribution is 0.00398. The number of nitrogens with zero attached hydrogens (tertiary/aromatic N) is 2. The van der Waals surface area contributed by atoms with E-state index in [2.05, 4.69) is 29.1 Å². The third-order valence-electron chi connectivity index (χ3n) is 5.05. The number of guanidine groups is 1. The molecular formula is C21H36N4O2. The lowest BCUT2D eigenvalue weighted by Gasteiger charge is -2.38. The van der Waals surface area contributed by atoms with Gasteiger partial charge in [-0.1, -0.05) is 26.7 Å². The molecule has 1 aromatic rings. The van der Waals surface area contributed by atoms with E-state index in [1.807, 2.05) is 38.1 Å². The normalized spacial score (nSPS) is 17.3. The number of aliphatic imine (C=N–C) groups is 1. The van der Waals surface area contributed by atoms with Crippen molar-refractivity contribution in [3.63, 3.8) is 0 Å². The molecule has 1 heterocycles. The number of rotatable bonds is 9. The van der Waals surface area contributed by atoms with Gasteiger partial charge < -0.3 is 20.5 Å². The number of nitrogens with one attached hydrogen (secondary N) is 1. The van der Waals surface area contributed by atoms with Gasteiger partial charge in [0.25, 0.3) is 0 Å². The number of morpholine rings is 1. The maximum atomic E-state index is 6.15. The van der Waals surface area contributed by atoms with Crippen molar-refractivity contribution in [3.05, 3.63) is 24.3 Å². The Bertz CT molecular complexity index is 564. The first-order valence-corrected chi connectivity index (χ1v) is 10.2. The number of hydrogen-bond acceptors (Lipinski definition) is 4. The van der Waals surface area contributed by atoms with Gasteiger partial charge in [-0.05, 0) is 44.0 Å². The highest BCUT2D eigenvalue weighted by molar-refractivity contribution is 5.92. The summed E-state index contributed by atoms with van der Waals surface area (Å²) < 4.78 is 11.2. The molecule has 2 rings (SSSR count). The van der Waals surface area contributed by atoms with Crippen molar-refractivity contribution < 1.29 is 9.47 Å². The van der Waals surface area contributed by atoms with Crippen LogP contribution in [0.4, 0.5) is 5.69 Å². The van der Waals surface area contributed by atoms with E-state index < -0.39 is 0 Å². The van der Waals surface area contributed by atoms with E-state index in [9.17, 15) is 0 Å². The van der Waals surface area contributed by atoms with Crippen molar-refractivity contribution in [1.82, 2.24) is 4.90 Å². The van der Waals surface area contributed by atoms with Crippen molar-refractivity contribution in [2.75, 3.05) is 38.2 Å². The largest absolute Gasteiger partial charge is 0.491 e. The van der Waals surface area contributed by atoms with Crippen molar-refractivity contribution in [3.8, 4) is 5.75 Å². The number of nitrogens with two attached hydrogens (primary N) is 1. The smallest absolute Gasteiger partial charge is 0.193 e. The van der Waals surface area contributed by atoms with E-state index in [-0.39, 0.29) is 6.10 Å². The van der Waals surface area contributed by atoms with Gasteiger partial charge in [0.1, 0.15) is 5.75 Å². The predicted molar refractivity (Wildman–Crippen MR) is 113 cm³/mol. The first-order chi connectivity index (χ1) is 13.0. The Kier molecular flexibility index (Phi) is 8.88. The van der Waals surface area contributed by atoms with Crippen molar-refractivity contribution in [1.29, 1.82) is 0 Å². The molecule has 0 amide bonds. The average Bonchev–Trinajstić information content (AvgIpc) is 2.67. The van der Waals surface area contributed by atoms with Crippen molar-refractivity contribution in [2.45, 2.75) is 52.7 Å². The van der Waals surface area contributed by atoms with Crippen LogP contribution in [0.1, 0.15) is 40.5 Å². The van der Waals surface area contributed by atoms with Crippen molar-refractivity contribution >= 4 is 11.6 Å². The topological polar surface area (TPSA) is 72.1 Å². The van der Waals surface area contributed by atoms with E-state index in [0.717, 1.165) is 50.6 Å². The van der Waals surface area contributed by atoms with Gasteiger partial charge in [0.2, 0.25) is 0 Å². The number of benzene rings is 1. The summed E-state index contributed by atoms with van der Waals surface area (Å²) in [6.45, 7) is 12.8. The fraction of sp³-hybridized carbons (Fsp3) is 0.667. The molecule has 152 valence electrons. The molecule has 0 aliphatic carbocycles. The Labute approximate surface area is 164 Å². The molecular weight excluding hydrogens is 340 g/mol. The number of anilines is 1. The molecule has 27 heavy (non-hydrogen) atoms. The van der Waals surface area contributed by atoms with Crippen molar-refractivity contribution in [2.24, 2.45) is 16.6 Å². The minimum Gasteiger partial charge on any atom is -0.491 e. The van der Waals surface area contributed by atoms with Crippen LogP contribution in [0.15, 0.2) is 29.3 Å². The van der Waals surface area contributed by atoms with E-state index in [0.29, 0.717) is 24.5 Å². The summed E-state index contributed by atoms with van der Waals surface area (Å²) in [5.74, 6) is 1.93. The van der Waals surface area contributed by atoms with E-state index >= 15 is 0 Å². The molecule has 1 fully saturated rings. The molecule has 0 spiro atoms. The van der Waals surface area contributed by atoms with Gasteiger partial charge in [0, 0.05) is 24.8 Å². The van der Waals surface area contributed by atoms with E-state index in [1.165, 1.54) is 0 Å². The Morgan fingerprint density at radius 1 is 1.19 bits per heavy atom. The summed E-state index contributed by atoms with van der Waals surface area (Å²) in [5.41, 5.74) is 7.06. The van der Waals surface area contributed by atoms with Gasteiger partial charge in [-0.25, -0.2) is 0 Å². The van der Waals surface area contributed by atoms with Crippen LogP contribution < -0.4 is 15.8 Å². The van der Waals surface area contributed by atoms with Crippen LogP contribution in [0, 0.1) is 5.92 Å². The molecule has 0 aromatic heterocycles. The second kappa shape index (κ2) is 11.1. The highest BCUT2D eigenvalue weighted by Gasteiger charge is 2.26. The summed E-state index contributed by atoms with van der Waals surface area (Å²) in [7, 11) is 0. The van der Waals surface area contributed by atoms with Crippen LogP contribution in [-0.4, -0.2) is 55.9 Å². The molecule has 0 bridgehead atoms. The van der Waals surface area contributed by atoms with Gasteiger partial charge in [-0.2, -0.15) is 0 Å². The molecule has 1 atom stereocenters. The average molecular weight is 377 g/mol. The Morgan fingerprint density at radius 2 is 1.81 bits per heavy atom. The van der Waals surface area contributed by atoms with Crippen LogP contribution >= 0.6 is 0 Å². The summed E-state index contributed by atoms with van der Waals surface area (Å²) in [5, 5.41) is 3.18. The summed E-state index contributed by atoms with van der Waals surface area (Å²) in [6, 6.07) is 8.21. The van der Waals surface area contributed by atoms with Gasteiger partial charge in [-0.3, -0.25) is 9.89 Å². The fourth-order valence-electron chi connectivity index (χ4n) is 3.57. The number of hydrogen-bond donors (Lipinski definition) is 2. The molecule has 1 aliphatic heterocycles. The minimum atomic E-state index is 0.164. The third-order valence-corrected chi connectivity index (χ3v) is 5.05. The third kappa shape index (κ3) is 7.03. The monoisotopic (exact) mass is 376 g/mol. The molecule has 1 unspecified atom stereocenters. The zero-order valence-electron chi connectivity index (χ0n) is 17.3. The molecule has 1 aliphatic rings. The Hall–Kier alpha value is -1.79.